The van der Waals surface area contributed by atoms with Gasteiger partial charge in [0.2, 0.25) is 15.9 Å². The SMILES string of the molecule is CCCCCCN(CCN1CCOCC1)C(=O)C1CCCN1S(C)(=O)=O. The maximum absolute atomic E-state index is 13.1. The molecule has 8 heteroatoms. The quantitative estimate of drug-likeness (QED) is 0.524. The van der Waals surface area contributed by atoms with Gasteiger partial charge in [0.25, 0.3) is 0 Å². The molecule has 1 atom stereocenters. The van der Waals surface area contributed by atoms with Crippen molar-refractivity contribution in [2.24, 2.45) is 0 Å². The van der Waals surface area contributed by atoms with Gasteiger partial charge in [-0.2, -0.15) is 4.31 Å². The maximum atomic E-state index is 13.1. The molecule has 2 saturated heterocycles. The van der Waals surface area contributed by atoms with E-state index >= 15 is 0 Å². The molecule has 0 saturated carbocycles. The number of carbonyl (C=O) groups excluding carboxylic acids is 1. The Kier molecular flexibility index (Phi) is 8.79. The lowest BCUT2D eigenvalue weighted by molar-refractivity contribution is -0.135. The second-order valence-corrected chi connectivity index (χ2v) is 9.31. The molecular weight excluding hydrogens is 354 g/mol. The van der Waals surface area contributed by atoms with E-state index < -0.39 is 16.1 Å². The van der Waals surface area contributed by atoms with Crippen LogP contribution in [0.1, 0.15) is 45.4 Å². The van der Waals surface area contributed by atoms with E-state index in [-0.39, 0.29) is 5.91 Å². The first-order valence-corrected chi connectivity index (χ1v) is 11.8. The molecule has 0 radical (unpaired) electrons. The minimum atomic E-state index is -3.34. The van der Waals surface area contributed by atoms with Crippen LogP contribution in [0.15, 0.2) is 0 Å². The Labute approximate surface area is 158 Å². The molecule has 0 aromatic heterocycles. The summed E-state index contributed by atoms with van der Waals surface area (Å²) in [5.41, 5.74) is 0. The molecule has 0 aromatic carbocycles. The number of unbranched alkanes of at least 4 members (excludes halogenated alkanes) is 3. The Morgan fingerprint density at radius 1 is 1.12 bits per heavy atom. The summed E-state index contributed by atoms with van der Waals surface area (Å²) >= 11 is 0. The van der Waals surface area contributed by atoms with Gasteiger partial charge in [-0.15, -0.1) is 0 Å². The van der Waals surface area contributed by atoms with Gasteiger partial charge in [-0.05, 0) is 19.3 Å². The fraction of sp³-hybridized carbons (Fsp3) is 0.944. The van der Waals surface area contributed by atoms with Crippen LogP contribution in [0.2, 0.25) is 0 Å². The van der Waals surface area contributed by atoms with E-state index in [0.717, 1.165) is 65.1 Å². The third-order valence-electron chi connectivity index (χ3n) is 5.30. The van der Waals surface area contributed by atoms with Gasteiger partial charge in [-0.25, -0.2) is 8.42 Å². The first-order chi connectivity index (χ1) is 12.4. The summed E-state index contributed by atoms with van der Waals surface area (Å²) < 4.78 is 30.8. The average molecular weight is 390 g/mol. The summed E-state index contributed by atoms with van der Waals surface area (Å²) in [5.74, 6) is -0.0160. The number of nitrogens with zero attached hydrogens (tertiary/aromatic N) is 3. The fourth-order valence-corrected chi connectivity index (χ4v) is 4.86. The number of amides is 1. The van der Waals surface area contributed by atoms with E-state index in [1.54, 1.807) is 0 Å². The van der Waals surface area contributed by atoms with Gasteiger partial charge in [0, 0.05) is 39.3 Å². The Morgan fingerprint density at radius 2 is 1.85 bits per heavy atom. The molecule has 2 aliphatic heterocycles. The van der Waals surface area contributed by atoms with Gasteiger partial charge in [0.05, 0.1) is 19.5 Å². The Bertz CT molecular complexity index is 535. The van der Waals surface area contributed by atoms with Crippen LogP contribution < -0.4 is 0 Å². The summed E-state index contributed by atoms with van der Waals surface area (Å²) in [6.07, 6.45) is 7.02. The molecule has 7 nitrogen and oxygen atoms in total. The van der Waals surface area contributed by atoms with Crippen LogP contribution in [-0.4, -0.2) is 93.2 Å². The maximum Gasteiger partial charge on any atom is 0.241 e. The normalized spacial score (nSPS) is 22.6. The predicted molar refractivity (Wildman–Crippen MR) is 103 cm³/mol. The zero-order valence-electron chi connectivity index (χ0n) is 16.4. The molecule has 152 valence electrons. The van der Waals surface area contributed by atoms with Crippen LogP contribution in [0.4, 0.5) is 0 Å². The highest BCUT2D eigenvalue weighted by Crippen LogP contribution is 2.22. The van der Waals surface area contributed by atoms with Crippen molar-refractivity contribution in [3.63, 3.8) is 0 Å². The number of rotatable bonds is 10. The van der Waals surface area contributed by atoms with Crippen molar-refractivity contribution in [2.45, 2.75) is 51.5 Å². The molecule has 1 unspecified atom stereocenters. The van der Waals surface area contributed by atoms with Gasteiger partial charge in [0.1, 0.15) is 6.04 Å². The average Bonchev–Trinajstić information content (AvgIpc) is 3.12. The Hall–Kier alpha value is -0.700. The first-order valence-electron chi connectivity index (χ1n) is 9.99. The van der Waals surface area contributed by atoms with Crippen molar-refractivity contribution in [1.82, 2.24) is 14.1 Å². The fourth-order valence-electron chi connectivity index (χ4n) is 3.74. The van der Waals surface area contributed by atoms with E-state index in [1.807, 2.05) is 4.90 Å². The number of morpholine rings is 1. The summed E-state index contributed by atoms with van der Waals surface area (Å²) in [6, 6.07) is -0.513. The van der Waals surface area contributed by atoms with E-state index in [2.05, 4.69) is 11.8 Å². The second-order valence-electron chi connectivity index (χ2n) is 7.37. The lowest BCUT2D eigenvalue weighted by atomic mass is 10.1. The summed E-state index contributed by atoms with van der Waals surface area (Å²) in [4.78, 5) is 17.3. The molecule has 2 heterocycles. The zero-order valence-corrected chi connectivity index (χ0v) is 17.2. The summed E-state index contributed by atoms with van der Waals surface area (Å²) in [7, 11) is -3.34. The van der Waals surface area contributed by atoms with E-state index in [4.69, 9.17) is 4.74 Å². The van der Waals surface area contributed by atoms with Crippen LogP contribution >= 0.6 is 0 Å². The Morgan fingerprint density at radius 3 is 2.50 bits per heavy atom. The zero-order chi connectivity index (χ0) is 19.0. The largest absolute Gasteiger partial charge is 0.379 e. The minimum Gasteiger partial charge on any atom is -0.379 e. The topological polar surface area (TPSA) is 70.2 Å². The van der Waals surface area contributed by atoms with Gasteiger partial charge in [0.15, 0.2) is 0 Å². The van der Waals surface area contributed by atoms with Crippen molar-refractivity contribution in [3.8, 4) is 0 Å². The lowest BCUT2D eigenvalue weighted by Gasteiger charge is -2.32. The van der Waals surface area contributed by atoms with Gasteiger partial charge >= 0.3 is 0 Å². The van der Waals surface area contributed by atoms with Crippen LogP contribution in [0.3, 0.4) is 0 Å². The first kappa shape index (κ1) is 21.6. The van der Waals surface area contributed by atoms with Crippen molar-refractivity contribution in [2.75, 3.05) is 58.7 Å². The van der Waals surface area contributed by atoms with Crippen molar-refractivity contribution >= 4 is 15.9 Å². The molecule has 0 bridgehead atoms. The number of carbonyl (C=O) groups is 1. The number of sulfonamides is 1. The van der Waals surface area contributed by atoms with Gasteiger partial charge in [-0.3, -0.25) is 9.69 Å². The minimum absolute atomic E-state index is 0.0160. The highest BCUT2D eigenvalue weighted by molar-refractivity contribution is 7.88. The second kappa shape index (κ2) is 10.6. The molecule has 1 amide bonds. The molecular formula is C18H35N3O4S. The predicted octanol–water partition coefficient (Wildman–Crippen LogP) is 1.15. The monoisotopic (exact) mass is 389 g/mol. The number of hydrogen-bond acceptors (Lipinski definition) is 5. The van der Waals surface area contributed by atoms with Crippen LogP contribution in [-0.2, 0) is 19.6 Å². The van der Waals surface area contributed by atoms with Crippen LogP contribution in [0, 0.1) is 0 Å². The number of ether oxygens (including phenoxy) is 1. The van der Waals surface area contributed by atoms with Crippen LogP contribution in [0.25, 0.3) is 0 Å². The number of hydrogen-bond donors (Lipinski definition) is 0. The highest BCUT2D eigenvalue weighted by Gasteiger charge is 2.38. The van der Waals surface area contributed by atoms with Gasteiger partial charge < -0.3 is 9.64 Å². The molecule has 2 aliphatic rings. The van der Waals surface area contributed by atoms with Crippen molar-refractivity contribution < 1.29 is 17.9 Å². The van der Waals surface area contributed by atoms with E-state index in [1.165, 1.54) is 17.0 Å². The molecule has 26 heavy (non-hydrogen) atoms. The molecule has 2 fully saturated rings. The molecule has 0 spiro atoms. The van der Waals surface area contributed by atoms with Crippen molar-refractivity contribution in [3.05, 3.63) is 0 Å². The molecule has 0 aliphatic carbocycles. The standard InChI is InChI=1S/C18H35N3O4S/c1-3-4-5-6-9-20(12-11-19-13-15-25-16-14-19)18(22)17-8-7-10-21(17)26(2,23)24/h17H,3-16H2,1-2H3. The summed E-state index contributed by atoms with van der Waals surface area (Å²) in [6.45, 7) is 8.13. The Balaban J connectivity index is 1.97. The highest BCUT2D eigenvalue weighted by atomic mass is 32.2. The van der Waals surface area contributed by atoms with Crippen molar-refractivity contribution in [1.29, 1.82) is 0 Å². The van der Waals surface area contributed by atoms with Gasteiger partial charge in [-0.1, -0.05) is 26.2 Å². The van der Waals surface area contributed by atoms with Crippen LogP contribution in [0.5, 0.6) is 0 Å². The molecule has 2 rings (SSSR count). The third kappa shape index (κ3) is 6.48. The van der Waals surface area contributed by atoms with E-state index in [9.17, 15) is 13.2 Å². The lowest BCUT2D eigenvalue weighted by Crippen LogP contribution is -2.50. The molecule has 0 aromatic rings. The molecule has 0 N–H and O–H groups in total. The van der Waals surface area contributed by atoms with E-state index in [0.29, 0.717) is 19.5 Å². The summed E-state index contributed by atoms with van der Waals surface area (Å²) in [5, 5.41) is 0. The smallest absolute Gasteiger partial charge is 0.241 e. The third-order valence-corrected chi connectivity index (χ3v) is 6.59.